The SMILES string of the molecule is [Ti][CH2]/C=C/P(c1ccccc1)c1ccccc1. The van der Waals surface area contributed by atoms with Gasteiger partial charge < -0.3 is 0 Å². The van der Waals surface area contributed by atoms with E-state index in [0.717, 1.165) is 4.73 Å². The molecule has 0 aromatic heterocycles. The molecule has 0 N–H and O–H groups in total. The fourth-order valence-corrected chi connectivity index (χ4v) is 4.10. The third-order valence-electron chi connectivity index (χ3n) is 2.44. The topological polar surface area (TPSA) is 0 Å². The Morgan fingerprint density at radius 1 is 0.824 bits per heavy atom. The van der Waals surface area contributed by atoms with Crippen LogP contribution in [0.3, 0.4) is 0 Å². The predicted molar refractivity (Wildman–Crippen MR) is 73.0 cm³/mol. The van der Waals surface area contributed by atoms with E-state index in [4.69, 9.17) is 0 Å². The Morgan fingerprint density at radius 2 is 1.29 bits per heavy atom. The van der Waals surface area contributed by atoms with Crippen molar-refractivity contribution in [1.29, 1.82) is 0 Å². The van der Waals surface area contributed by atoms with Crippen molar-refractivity contribution in [2.45, 2.75) is 4.73 Å². The number of allylic oxidation sites excluding steroid dienone is 1. The second kappa shape index (κ2) is 6.91. The molecule has 83 valence electrons. The molecule has 17 heavy (non-hydrogen) atoms. The molecule has 0 atom stereocenters. The first kappa shape index (κ1) is 12.8. The first-order valence-corrected chi connectivity index (χ1v) is 8.14. The summed E-state index contributed by atoms with van der Waals surface area (Å²) in [4.78, 5) is 0. The Balaban J connectivity index is 2.36. The maximum absolute atomic E-state index is 2.36. The van der Waals surface area contributed by atoms with E-state index in [9.17, 15) is 0 Å². The van der Waals surface area contributed by atoms with Crippen LogP contribution in [0.25, 0.3) is 0 Å². The van der Waals surface area contributed by atoms with Crippen molar-refractivity contribution >= 4 is 18.5 Å². The van der Waals surface area contributed by atoms with Gasteiger partial charge in [-0.3, -0.25) is 0 Å². The molecule has 0 amide bonds. The third-order valence-corrected chi connectivity index (χ3v) is 5.03. The van der Waals surface area contributed by atoms with Crippen LogP contribution in [0.5, 0.6) is 0 Å². The molecule has 0 heterocycles. The van der Waals surface area contributed by atoms with E-state index >= 15 is 0 Å². The molecular formula is C15H14PTi. The molecule has 0 saturated heterocycles. The minimum absolute atomic E-state index is 0.337. The molecule has 2 heteroatoms. The summed E-state index contributed by atoms with van der Waals surface area (Å²) in [5, 5.41) is 2.83. The molecular weight excluding hydrogens is 259 g/mol. The van der Waals surface area contributed by atoms with Gasteiger partial charge in [0.2, 0.25) is 0 Å². The van der Waals surface area contributed by atoms with Crippen LogP contribution in [0.2, 0.25) is 4.73 Å². The molecule has 0 spiro atoms. The quantitative estimate of drug-likeness (QED) is 0.590. The van der Waals surface area contributed by atoms with Crippen molar-refractivity contribution in [3.63, 3.8) is 0 Å². The summed E-state index contributed by atoms with van der Waals surface area (Å²) < 4.78 is 1.10. The van der Waals surface area contributed by atoms with Crippen LogP contribution in [0, 0.1) is 0 Å². The maximum atomic E-state index is 2.36. The zero-order valence-corrected chi connectivity index (χ0v) is 12.0. The van der Waals surface area contributed by atoms with Gasteiger partial charge in [-0.1, -0.05) is 0 Å². The van der Waals surface area contributed by atoms with Gasteiger partial charge in [-0.15, -0.1) is 0 Å². The van der Waals surface area contributed by atoms with Crippen LogP contribution in [-0.2, 0) is 20.4 Å². The number of benzene rings is 2. The van der Waals surface area contributed by atoms with E-state index in [1.165, 1.54) is 10.6 Å². The number of rotatable bonds is 4. The van der Waals surface area contributed by atoms with Gasteiger partial charge in [0.05, 0.1) is 0 Å². The fourth-order valence-electron chi connectivity index (χ4n) is 1.66. The molecule has 0 aliphatic heterocycles. The summed E-state index contributed by atoms with van der Waals surface area (Å²) in [6, 6.07) is 21.5. The summed E-state index contributed by atoms with van der Waals surface area (Å²) >= 11 is 2.18. The van der Waals surface area contributed by atoms with Crippen molar-refractivity contribution in [2.75, 3.05) is 0 Å². The number of hydrogen-bond acceptors (Lipinski definition) is 0. The Hall–Kier alpha value is -0.676. The molecule has 0 bridgehead atoms. The molecule has 2 rings (SSSR count). The van der Waals surface area contributed by atoms with Gasteiger partial charge in [0.15, 0.2) is 0 Å². The molecule has 0 aliphatic carbocycles. The van der Waals surface area contributed by atoms with Gasteiger partial charge in [0.25, 0.3) is 0 Å². The van der Waals surface area contributed by atoms with Crippen LogP contribution < -0.4 is 10.6 Å². The van der Waals surface area contributed by atoms with Crippen molar-refractivity contribution in [2.24, 2.45) is 0 Å². The van der Waals surface area contributed by atoms with Crippen molar-refractivity contribution < 1.29 is 20.4 Å². The van der Waals surface area contributed by atoms with Crippen LogP contribution in [0.1, 0.15) is 0 Å². The first-order chi connectivity index (χ1) is 8.42. The summed E-state index contributed by atoms with van der Waals surface area (Å²) in [6.07, 6.45) is 2.27. The van der Waals surface area contributed by atoms with Gasteiger partial charge in [0, 0.05) is 0 Å². The normalized spacial score (nSPS) is 11.1. The molecule has 0 fully saturated rings. The van der Waals surface area contributed by atoms with E-state index in [1.807, 2.05) is 0 Å². The van der Waals surface area contributed by atoms with Gasteiger partial charge in [-0.2, -0.15) is 0 Å². The van der Waals surface area contributed by atoms with Crippen molar-refractivity contribution in [1.82, 2.24) is 0 Å². The Morgan fingerprint density at radius 3 is 1.71 bits per heavy atom. The molecule has 2 aromatic carbocycles. The van der Waals surface area contributed by atoms with E-state index in [0.29, 0.717) is 0 Å². The predicted octanol–water partition coefficient (Wildman–Crippen LogP) is 3.60. The molecule has 0 saturated carbocycles. The third kappa shape index (κ3) is 3.64. The fraction of sp³-hybridized carbons (Fsp3) is 0.0667. The van der Waals surface area contributed by atoms with E-state index in [2.05, 4.69) is 93.0 Å². The summed E-state index contributed by atoms with van der Waals surface area (Å²) in [6.45, 7) is 0. The van der Waals surface area contributed by atoms with Crippen LogP contribution >= 0.6 is 7.92 Å². The summed E-state index contributed by atoms with van der Waals surface area (Å²) in [7, 11) is -0.337. The molecule has 2 aromatic rings. The molecule has 0 nitrogen and oxygen atoms in total. The zero-order valence-electron chi connectivity index (χ0n) is 9.58. The van der Waals surface area contributed by atoms with Gasteiger partial charge in [-0.05, 0) is 0 Å². The Labute approximate surface area is 116 Å². The van der Waals surface area contributed by atoms with Crippen LogP contribution in [0.15, 0.2) is 72.6 Å². The monoisotopic (exact) mass is 273 g/mol. The molecule has 0 unspecified atom stereocenters. The van der Waals surface area contributed by atoms with Crippen molar-refractivity contribution in [3.05, 3.63) is 72.6 Å². The van der Waals surface area contributed by atoms with Gasteiger partial charge in [-0.25, -0.2) is 0 Å². The van der Waals surface area contributed by atoms with Crippen LogP contribution in [-0.4, -0.2) is 0 Å². The second-order valence-electron chi connectivity index (χ2n) is 3.63. The summed E-state index contributed by atoms with van der Waals surface area (Å²) in [5.74, 6) is 2.36. The van der Waals surface area contributed by atoms with Crippen LogP contribution in [0.4, 0.5) is 0 Å². The molecule has 0 aliphatic rings. The number of hydrogen-bond donors (Lipinski definition) is 0. The van der Waals surface area contributed by atoms with Gasteiger partial charge in [0.1, 0.15) is 0 Å². The van der Waals surface area contributed by atoms with Crippen molar-refractivity contribution in [3.8, 4) is 0 Å². The summed E-state index contributed by atoms with van der Waals surface area (Å²) in [5.41, 5.74) is 0. The Kier molecular flexibility index (Phi) is 5.20. The van der Waals surface area contributed by atoms with E-state index in [-0.39, 0.29) is 7.92 Å². The van der Waals surface area contributed by atoms with Gasteiger partial charge >= 0.3 is 116 Å². The average molecular weight is 273 g/mol. The molecule has 0 radical (unpaired) electrons. The Bertz CT molecular complexity index is 425. The first-order valence-electron chi connectivity index (χ1n) is 5.62. The zero-order chi connectivity index (χ0) is 11.9. The second-order valence-corrected chi connectivity index (χ2v) is 6.34. The average Bonchev–Trinajstić information content (AvgIpc) is 2.42. The minimum atomic E-state index is -0.337. The van der Waals surface area contributed by atoms with E-state index in [1.54, 1.807) is 0 Å². The van der Waals surface area contributed by atoms with E-state index < -0.39 is 0 Å². The standard InChI is InChI=1S/C15H14P.Ti/c1-2-13-16(14-9-5-3-6-10-14)15-11-7-4-8-12-15;/h2-13H,1H2;/b13-2+;.